The summed E-state index contributed by atoms with van der Waals surface area (Å²) in [5.74, 6) is 0.539. The number of aliphatic hydroxyl groups is 1. The molecule has 5 heteroatoms. The molecule has 0 unspecified atom stereocenters. The molecule has 0 spiro atoms. The summed E-state index contributed by atoms with van der Waals surface area (Å²) in [6.45, 7) is 4.41. The number of aliphatic hydroxyl groups excluding tert-OH is 1. The number of nitrogen functional groups attached to an aromatic ring is 1. The van der Waals surface area contributed by atoms with Crippen LogP contribution in [0.3, 0.4) is 0 Å². The number of carbonyl (C=O) groups excluding carboxylic acids is 1. The van der Waals surface area contributed by atoms with Crippen molar-refractivity contribution in [1.82, 2.24) is 9.88 Å². The van der Waals surface area contributed by atoms with Crippen molar-refractivity contribution in [3.63, 3.8) is 0 Å². The molecule has 20 heavy (non-hydrogen) atoms. The zero-order chi connectivity index (χ0) is 14.7. The van der Waals surface area contributed by atoms with Gasteiger partial charge in [0.1, 0.15) is 5.82 Å². The Hall–Kier alpha value is -1.62. The maximum atomic E-state index is 12.6. The summed E-state index contributed by atoms with van der Waals surface area (Å²) in [7, 11) is 0. The summed E-state index contributed by atoms with van der Waals surface area (Å²) >= 11 is 0. The lowest BCUT2D eigenvalue weighted by atomic mass is 9.91. The Morgan fingerprint density at radius 2 is 2.20 bits per heavy atom. The quantitative estimate of drug-likeness (QED) is 0.859. The molecule has 1 aliphatic carbocycles. The summed E-state index contributed by atoms with van der Waals surface area (Å²) < 4.78 is 0. The van der Waals surface area contributed by atoms with Crippen LogP contribution in [0.4, 0.5) is 5.82 Å². The lowest BCUT2D eigenvalue weighted by molar-refractivity contribution is 0.0525. The van der Waals surface area contributed by atoms with Crippen LogP contribution in [0.5, 0.6) is 0 Å². The van der Waals surface area contributed by atoms with Crippen molar-refractivity contribution in [1.29, 1.82) is 0 Å². The summed E-state index contributed by atoms with van der Waals surface area (Å²) in [4.78, 5) is 18.7. The van der Waals surface area contributed by atoms with Crippen LogP contribution in [0.15, 0.2) is 12.1 Å². The molecule has 110 valence electrons. The highest BCUT2D eigenvalue weighted by Crippen LogP contribution is 2.27. The third kappa shape index (κ3) is 3.10. The summed E-state index contributed by atoms with van der Waals surface area (Å²) in [6.07, 6.45) is 3.18. The Balaban J connectivity index is 2.25. The highest BCUT2D eigenvalue weighted by molar-refractivity contribution is 5.95. The Morgan fingerprint density at radius 3 is 2.70 bits per heavy atom. The summed E-state index contributed by atoms with van der Waals surface area (Å²) in [6, 6.07) is 3.69. The molecule has 3 N–H and O–H groups in total. The average molecular weight is 277 g/mol. The molecule has 1 fully saturated rings. The molecule has 1 saturated carbocycles. The van der Waals surface area contributed by atoms with Crippen LogP contribution in [-0.2, 0) is 0 Å². The van der Waals surface area contributed by atoms with Gasteiger partial charge in [-0.1, -0.05) is 13.8 Å². The fraction of sp³-hybridized carbons (Fsp3) is 0.600. The number of hydrogen-bond acceptors (Lipinski definition) is 4. The molecular formula is C15H23N3O2. The molecule has 0 bridgehead atoms. The number of carbonyl (C=O) groups is 1. The van der Waals surface area contributed by atoms with E-state index < -0.39 is 0 Å². The molecule has 0 radical (unpaired) electrons. The van der Waals surface area contributed by atoms with E-state index in [0.717, 1.165) is 25.0 Å². The number of rotatable bonds is 5. The van der Waals surface area contributed by atoms with E-state index in [2.05, 4.69) is 4.98 Å². The second-order valence-corrected chi connectivity index (χ2v) is 5.67. The van der Waals surface area contributed by atoms with E-state index in [-0.39, 0.29) is 24.5 Å². The second kappa shape index (κ2) is 6.22. The fourth-order valence-corrected chi connectivity index (χ4v) is 2.42. The Bertz CT molecular complexity index is 484. The van der Waals surface area contributed by atoms with Crippen molar-refractivity contribution in [2.24, 2.45) is 0 Å². The van der Waals surface area contributed by atoms with Gasteiger partial charge in [-0.2, -0.15) is 0 Å². The van der Waals surface area contributed by atoms with Gasteiger partial charge in [0.05, 0.1) is 6.61 Å². The van der Waals surface area contributed by atoms with Crippen molar-refractivity contribution in [2.75, 3.05) is 18.9 Å². The SMILES string of the molecule is CC(C)c1cc(C(=O)N(CCO)C2CCC2)cc(N)n1. The molecule has 1 amide bonds. The van der Waals surface area contributed by atoms with Crippen LogP contribution in [0, 0.1) is 0 Å². The third-order valence-electron chi connectivity index (χ3n) is 3.82. The van der Waals surface area contributed by atoms with E-state index in [9.17, 15) is 4.79 Å². The average Bonchev–Trinajstić information content (AvgIpc) is 2.34. The first-order valence-corrected chi connectivity index (χ1v) is 7.22. The van der Waals surface area contributed by atoms with Gasteiger partial charge < -0.3 is 15.7 Å². The lowest BCUT2D eigenvalue weighted by Gasteiger charge is -2.37. The topological polar surface area (TPSA) is 79.5 Å². The van der Waals surface area contributed by atoms with Crippen LogP contribution in [0.1, 0.15) is 55.1 Å². The molecule has 2 rings (SSSR count). The van der Waals surface area contributed by atoms with Gasteiger partial charge in [-0.3, -0.25) is 4.79 Å². The molecule has 0 aliphatic heterocycles. The summed E-state index contributed by atoms with van der Waals surface area (Å²) in [5, 5.41) is 9.17. The van der Waals surface area contributed by atoms with Crippen molar-refractivity contribution >= 4 is 11.7 Å². The van der Waals surface area contributed by atoms with Gasteiger partial charge in [0.15, 0.2) is 0 Å². The minimum atomic E-state index is -0.0558. The Morgan fingerprint density at radius 1 is 1.50 bits per heavy atom. The molecule has 1 heterocycles. The number of amides is 1. The molecule has 1 aromatic rings. The number of aromatic nitrogens is 1. The normalized spacial score (nSPS) is 15.2. The summed E-state index contributed by atoms with van der Waals surface area (Å²) in [5.41, 5.74) is 7.20. The highest BCUT2D eigenvalue weighted by atomic mass is 16.3. The van der Waals surface area contributed by atoms with E-state index in [0.29, 0.717) is 17.9 Å². The number of nitrogens with two attached hydrogens (primary N) is 1. The second-order valence-electron chi connectivity index (χ2n) is 5.67. The van der Waals surface area contributed by atoms with Gasteiger partial charge >= 0.3 is 0 Å². The third-order valence-corrected chi connectivity index (χ3v) is 3.82. The lowest BCUT2D eigenvalue weighted by Crippen LogP contribution is -2.45. The molecule has 0 saturated heterocycles. The number of nitrogens with zero attached hydrogens (tertiary/aromatic N) is 2. The number of pyridine rings is 1. The van der Waals surface area contributed by atoms with E-state index in [1.165, 1.54) is 0 Å². The van der Waals surface area contributed by atoms with Gasteiger partial charge in [-0.15, -0.1) is 0 Å². The Labute approximate surface area is 119 Å². The van der Waals surface area contributed by atoms with Gasteiger partial charge in [-0.25, -0.2) is 4.98 Å². The predicted octanol–water partition coefficient (Wildman–Crippen LogP) is 1.77. The van der Waals surface area contributed by atoms with Crippen molar-refractivity contribution < 1.29 is 9.90 Å². The first-order valence-electron chi connectivity index (χ1n) is 7.22. The van der Waals surface area contributed by atoms with E-state index in [4.69, 9.17) is 10.8 Å². The largest absolute Gasteiger partial charge is 0.395 e. The molecule has 1 aliphatic rings. The number of hydrogen-bond donors (Lipinski definition) is 2. The van der Waals surface area contributed by atoms with Gasteiger partial charge in [0.25, 0.3) is 5.91 Å². The van der Waals surface area contributed by atoms with Crippen LogP contribution in [-0.4, -0.2) is 40.1 Å². The van der Waals surface area contributed by atoms with E-state index in [1.54, 1.807) is 11.0 Å². The minimum Gasteiger partial charge on any atom is -0.395 e. The predicted molar refractivity (Wildman–Crippen MR) is 78.5 cm³/mol. The maximum Gasteiger partial charge on any atom is 0.254 e. The minimum absolute atomic E-state index is 0.0140. The van der Waals surface area contributed by atoms with Crippen LogP contribution >= 0.6 is 0 Å². The molecule has 1 aromatic heterocycles. The van der Waals surface area contributed by atoms with Crippen molar-refractivity contribution in [3.05, 3.63) is 23.4 Å². The van der Waals surface area contributed by atoms with E-state index >= 15 is 0 Å². The smallest absolute Gasteiger partial charge is 0.254 e. The van der Waals surface area contributed by atoms with Gasteiger partial charge in [0, 0.05) is 23.8 Å². The van der Waals surface area contributed by atoms with Gasteiger partial charge in [0.2, 0.25) is 0 Å². The van der Waals surface area contributed by atoms with Gasteiger partial charge in [-0.05, 0) is 37.3 Å². The molecule has 5 nitrogen and oxygen atoms in total. The zero-order valence-corrected chi connectivity index (χ0v) is 12.2. The highest BCUT2D eigenvalue weighted by Gasteiger charge is 2.29. The first-order chi connectivity index (χ1) is 9.52. The van der Waals surface area contributed by atoms with Crippen LogP contribution in [0.2, 0.25) is 0 Å². The first kappa shape index (κ1) is 14.8. The van der Waals surface area contributed by atoms with Crippen LogP contribution < -0.4 is 5.73 Å². The fourth-order valence-electron chi connectivity index (χ4n) is 2.42. The van der Waals surface area contributed by atoms with Crippen molar-refractivity contribution in [3.8, 4) is 0 Å². The molecule has 0 atom stereocenters. The van der Waals surface area contributed by atoms with Crippen molar-refractivity contribution in [2.45, 2.75) is 45.1 Å². The maximum absolute atomic E-state index is 12.6. The molecular weight excluding hydrogens is 254 g/mol. The van der Waals surface area contributed by atoms with Crippen LogP contribution in [0.25, 0.3) is 0 Å². The van der Waals surface area contributed by atoms with E-state index in [1.807, 2.05) is 19.9 Å². The Kier molecular flexibility index (Phi) is 4.60. The standard InChI is InChI=1S/C15H23N3O2/c1-10(2)13-8-11(9-14(16)17-13)15(20)18(6-7-19)12-4-3-5-12/h8-10,12,19H,3-7H2,1-2H3,(H2,16,17). The monoisotopic (exact) mass is 277 g/mol. The number of anilines is 1. The molecule has 0 aromatic carbocycles. The zero-order valence-electron chi connectivity index (χ0n) is 12.2.